The van der Waals surface area contributed by atoms with Crippen molar-refractivity contribution in [1.82, 2.24) is 9.97 Å². The first-order valence-electron chi connectivity index (χ1n) is 5.73. The fourth-order valence-electron chi connectivity index (χ4n) is 1.45. The van der Waals surface area contributed by atoms with E-state index in [-0.39, 0.29) is 18.1 Å². The summed E-state index contributed by atoms with van der Waals surface area (Å²) < 4.78 is 30.9. The fourth-order valence-corrected chi connectivity index (χ4v) is 1.45. The van der Waals surface area contributed by atoms with Gasteiger partial charge < -0.3 is 10.1 Å². The lowest BCUT2D eigenvalue weighted by Gasteiger charge is -2.08. The van der Waals surface area contributed by atoms with Gasteiger partial charge in [-0.25, -0.2) is 18.7 Å². The van der Waals surface area contributed by atoms with Crippen molar-refractivity contribution in [3.05, 3.63) is 47.9 Å². The molecule has 0 radical (unpaired) electrons. The van der Waals surface area contributed by atoms with E-state index in [2.05, 4.69) is 15.3 Å². The van der Waals surface area contributed by atoms with Gasteiger partial charge in [-0.2, -0.15) is 5.26 Å². The maximum atomic E-state index is 12.9. The zero-order valence-electron chi connectivity index (χ0n) is 10.3. The van der Waals surface area contributed by atoms with Crippen molar-refractivity contribution in [1.29, 1.82) is 5.26 Å². The zero-order valence-corrected chi connectivity index (χ0v) is 10.3. The highest BCUT2D eigenvalue weighted by Crippen LogP contribution is 2.15. The number of nitrogens with one attached hydrogen (secondary N) is 1. The molecule has 0 spiro atoms. The molecule has 5 nitrogen and oxygen atoms in total. The number of nitriles is 1. The molecule has 7 heteroatoms. The lowest BCUT2D eigenvalue weighted by molar-refractivity contribution is 0.329. The van der Waals surface area contributed by atoms with Gasteiger partial charge in [0.1, 0.15) is 18.4 Å². The quantitative estimate of drug-likeness (QED) is 0.847. The van der Waals surface area contributed by atoms with Crippen LogP contribution in [-0.2, 0) is 0 Å². The van der Waals surface area contributed by atoms with E-state index in [1.807, 2.05) is 6.07 Å². The first-order valence-corrected chi connectivity index (χ1v) is 5.73. The van der Waals surface area contributed by atoms with Gasteiger partial charge in [0.05, 0.1) is 6.54 Å². The van der Waals surface area contributed by atoms with Crippen LogP contribution in [0.4, 0.5) is 14.6 Å². The molecular formula is C13H10F2N4O. The van der Waals surface area contributed by atoms with E-state index in [4.69, 9.17) is 10.00 Å². The third-order valence-electron chi connectivity index (χ3n) is 2.36. The normalized spacial score (nSPS) is 9.85. The van der Waals surface area contributed by atoms with Crippen molar-refractivity contribution < 1.29 is 13.5 Å². The molecule has 1 N–H and O–H groups in total. The number of nitrogens with zero attached hydrogens (tertiary/aromatic N) is 3. The van der Waals surface area contributed by atoms with Gasteiger partial charge in [-0.1, -0.05) is 0 Å². The molecule has 20 heavy (non-hydrogen) atoms. The standard InChI is InChI=1S/C13H10F2N4O/c14-10-2-1-9(7-11(10)15)20-6-5-19-13-12(8-16)17-3-4-18-13/h1-4,7H,5-6H2,(H,18,19). The van der Waals surface area contributed by atoms with E-state index < -0.39 is 11.6 Å². The summed E-state index contributed by atoms with van der Waals surface area (Å²) in [5.41, 5.74) is 0.181. The summed E-state index contributed by atoms with van der Waals surface area (Å²) >= 11 is 0. The van der Waals surface area contributed by atoms with Crippen molar-refractivity contribution in [2.24, 2.45) is 0 Å². The summed E-state index contributed by atoms with van der Waals surface area (Å²) in [6.45, 7) is 0.541. The van der Waals surface area contributed by atoms with Gasteiger partial charge in [0.15, 0.2) is 23.1 Å². The predicted octanol–water partition coefficient (Wildman–Crippen LogP) is 2.12. The van der Waals surface area contributed by atoms with Crippen LogP contribution in [0, 0.1) is 23.0 Å². The highest BCUT2D eigenvalue weighted by atomic mass is 19.2. The largest absolute Gasteiger partial charge is 0.492 e. The molecule has 0 aliphatic heterocycles. The Morgan fingerprint density at radius 2 is 2.00 bits per heavy atom. The molecule has 2 rings (SSSR count). The number of halogens is 2. The summed E-state index contributed by atoms with van der Waals surface area (Å²) in [6, 6.07) is 5.20. The molecule has 0 fully saturated rings. The molecule has 102 valence electrons. The van der Waals surface area contributed by atoms with Crippen LogP contribution in [0.25, 0.3) is 0 Å². The smallest absolute Gasteiger partial charge is 0.182 e. The Kier molecular flexibility index (Phi) is 4.39. The predicted molar refractivity (Wildman–Crippen MR) is 67.1 cm³/mol. The number of hydrogen-bond donors (Lipinski definition) is 1. The van der Waals surface area contributed by atoms with Crippen molar-refractivity contribution in [2.75, 3.05) is 18.5 Å². The first-order chi connectivity index (χ1) is 9.70. The Labute approximate surface area is 113 Å². The summed E-state index contributed by atoms with van der Waals surface area (Å²) in [5.74, 6) is -1.31. The van der Waals surface area contributed by atoms with Crippen LogP contribution >= 0.6 is 0 Å². The molecule has 0 aliphatic rings. The first kappa shape index (κ1) is 13.7. The van der Waals surface area contributed by atoms with E-state index >= 15 is 0 Å². The van der Waals surface area contributed by atoms with Gasteiger partial charge in [-0.15, -0.1) is 0 Å². The molecule has 0 bridgehead atoms. The number of anilines is 1. The van der Waals surface area contributed by atoms with Gasteiger partial charge in [-0.05, 0) is 12.1 Å². The minimum Gasteiger partial charge on any atom is -0.492 e. The molecule has 0 saturated heterocycles. The maximum Gasteiger partial charge on any atom is 0.182 e. The van der Waals surface area contributed by atoms with Crippen molar-refractivity contribution in [2.45, 2.75) is 0 Å². The minimum absolute atomic E-state index is 0.181. The van der Waals surface area contributed by atoms with Crippen LogP contribution in [0.1, 0.15) is 5.69 Å². The minimum atomic E-state index is -0.962. The second-order valence-electron chi connectivity index (χ2n) is 3.72. The summed E-state index contributed by atoms with van der Waals surface area (Å²) in [4.78, 5) is 7.80. The Hall–Kier alpha value is -2.75. The van der Waals surface area contributed by atoms with E-state index in [0.717, 1.165) is 12.1 Å². The Morgan fingerprint density at radius 1 is 1.20 bits per heavy atom. The molecular weight excluding hydrogens is 266 g/mol. The lowest BCUT2D eigenvalue weighted by Crippen LogP contribution is -2.13. The van der Waals surface area contributed by atoms with Crippen LogP contribution in [0.3, 0.4) is 0 Å². The number of rotatable bonds is 5. The highest BCUT2D eigenvalue weighted by molar-refractivity contribution is 5.46. The van der Waals surface area contributed by atoms with Crippen LogP contribution in [0.5, 0.6) is 5.75 Å². The number of hydrogen-bond acceptors (Lipinski definition) is 5. The maximum absolute atomic E-state index is 12.9. The molecule has 1 aromatic heterocycles. The molecule has 0 aliphatic carbocycles. The van der Waals surface area contributed by atoms with Gasteiger partial charge in [0.25, 0.3) is 0 Å². The number of ether oxygens (including phenoxy) is 1. The average Bonchev–Trinajstić information content (AvgIpc) is 2.47. The molecule has 0 atom stereocenters. The topological polar surface area (TPSA) is 70.8 Å². The van der Waals surface area contributed by atoms with E-state index in [1.54, 1.807) is 0 Å². The summed E-state index contributed by atoms with van der Waals surface area (Å²) in [7, 11) is 0. The van der Waals surface area contributed by atoms with Crippen LogP contribution in [0.2, 0.25) is 0 Å². The van der Waals surface area contributed by atoms with Gasteiger partial charge in [-0.3, -0.25) is 0 Å². The average molecular weight is 276 g/mol. The van der Waals surface area contributed by atoms with Gasteiger partial charge >= 0.3 is 0 Å². The molecule has 2 aromatic rings. The van der Waals surface area contributed by atoms with E-state index in [1.165, 1.54) is 18.5 Å². The second-order valence-corrected chi connectivity index (χ2v) is 3.72. The third kappa shape index (κ3) is 3.38. The molecule has 1 heterocycles. The molecule has 0 unspecified atom stereocenters. The monoisotopic (exact) mass is 276 g/mol. The van der Waals surface area contributed by atoms with Gasteiger partial charge in [0, 0.05) is 18.5 Å². The van der Waals surface area contributed by atoms with Crippen LogP contribution in [0.15, 0.2) is 30.6 Å². The Morgan fingerprint density at radius 3 is 2.75 bits per heavy atom. The van der Waals surface area contributed by atoms with Crippen molar-refractivity contribution >= 4 is 5.82 Å². The SMILES string of the molecule is N#Cc1nccnc1NCCOc1ccc(F)c(F)c1. The molecule has 0 saturated carbocycles. The van der Waals surface area contributed by atoms with E-state index in [0.29, 0.717) is 12.4 Å². The number of benzene rings is 1. The van der Waals surface area contributed by atoms with Crippen molar-refractivity contribution in [3.8, 4) is 11.8 Å². The highest BCUT2D eigenvalue weighted by Gasteiger charge is 2.04. The van der Waals surface area contributed by atoms with Crippen LogP contribution < -0.4 is 10.1 Å². The summed E-state index contributed by atoms with van der Waals surface area (Å²) in [6.07, 6.45) is 2.88. The van der Waals surface area contributed by atoms with Crippen LogP contribution in [-0.4, -0.2) is 23.1 Å². The van der Waals surface area contributed by atoms with Crippen molar-refractivity contribution in [3.63, 3.8) is 0 Å². The second kappa shape index (κ2) is 6.43. The Balaban J connectivity index is 1.85. The lowest BCUT2D eigenvalue weighted by atomic mass is 10.3. The fraction of sp³-hybridized carbons (Fsp3) is 0.154. The van der Waals surface area contributed by atoms with E-state index in [9.17, 15) is 8.78 Å². The summed E-state index contributed by atoms with van der Waals surface area (Å²) in [5, 5.41) is 11.7. The van der Waals surface area contributed by atoms with Gasteiger partial charge in [0.2, 0.25) is 0 Å². The Bertz CT molecular complexity index is 643. The molecule has 0 amide bonds. The zero-order chi connectivity index (χ0) is 14.4. The molecule has 1 aromatic carbocycles. The third-order valence-corrected chi connectivity index (χ3v) is 2.36. The number of aromatic nitrogens is 2.